The van der Waals surface area contributed by atoms with Crippen LogP contribution in [0, 0.1) is 6.92 Å². The van der Waals surface area contributed by atoms with Crippen molar-refractivity contribution in [3.63, 3.8) is 0 Å². The summed E-state index contributed by atoms with van der Waals surface area (Å²) in [6, 6.07) is 21.9. The van der Waals surface area contributed by atoms with Crippen molar-refractivity contribution in [1.82, 2.24) is 10.2 Å². The molecule has 30 heavy (non-hydrogen) atoms. The Hall–Kier alpha value is -2.63. The lowest BCUT2D eigenvalue weighted by atomic mass is 10.0. The third-order valence-corrected chi connectivity index (χ3v) is 6.86. The second-order valence-corrected chi connectivity index (χ2v) is 9.41. The predicted molar refractivity (Wildman–Crippen MR) is 128 cm³/mol. The molecule has 3 heterocycles. The average Bonchev–Trinajstić information content (AvgIpc) is 3.06. The standard InChI is InChI=1S/C25H28N4S/c1-18-16-21-24(27-22-12-5-6-13-23(22)28-25(21)30-18)29-15-14-26-20(17-29)11-7-10-19-8-3-2-4-9-19/h2-6,8-9,12-13,16,20,26,28H,7,10-11,14-15,17H2,1H3/t20-/m0/s1. The molecule has 0 bridgehead atoms. The molecule has 5 rings (SSSR count). The number of aryl methyl sites for hydroxylation is 2. The third-order valence-electron chi connectivity index (χ3n) is 5.89. The highest BCUT2D eigenvalue weighted by molar-refractivity contribution is 7.16. The zero-order valence-corrected chi connectivity index (χ0v) is 18.2. The van der Waals surface area contributed by atoms with E-state index in [9.17, 15) is 0 Å². The summed E-state index contributed by atoms with van der Waals surface area (Å²) in [5.41, 5.74) is 4.77. The SMILES string of the molecule is Cc1cc2c(s1)Nc1ccccc1N=C2N1CCN[C@@H](CCCc2ccccc2)C1. The number of hydrogen-bond acceptors (Lipinski definition) is 5. The Labute approximate surface area is 182 Å². The first kappa shape index (κ1) is 19.3. The number of amidine groups is 1. The summed E-state index contributed by atoms with van der Waals surface area (Å²) in [4.78, 5) is 8.94. The van der Waals surface area contributed by atoms with E-state index in [0.717, 1.165) is 43.3 Å². The molecule has 0 unspecified atom stereocenters. The molecule has 2 aromatic carbocycles. The summed E-state index contributed by atoms with van der Waals surface area (Å²) in [7, 11) is 0. The molecule has 0 radical (unpaired) electrons. The summed E-state index contributed by atoms with van der Waals surface area (Å²) in [6.07, 6.45) is 3.53. The molecule has 2 aliphatic heterocycles. The van der Waals surface area contributed by atoms with Gasteiger partial charge in [0.15, 0.2) is 0 Å². The van der Waals surface area contributed by atoms with Crippen LogP contribution in [0.3, 0.4) is 0 Å². The second kappa shape index (κ2) is 8.62. The van der Waals surface area contributed by atoms with Crippen molar-refractivity contribution >= 4 is 33.5 Å². The highest BCUT2D eigenvalue weighted by Crippen LogP contribution is 2.39. The molecule has 0 amide bonds. The lowest BCUT2D eigenvalue weighted by Crippen LogP contribution is -2.52. The molecule has 5 heteroatoms. The van der Waals surface area contributed by atoms with Crippen LogP contribution in [0.2, 0.25) is 0 Å². The largest absolute Gasteiger partial charge is 0.353 e. The molecule has 1 atom stereocenters. The lowest BCUT2D eigenvalue weighted by Gasteiger charge is -2.36. The van der Waals surface area contributed by atoms with Gasteiger partial charge < -0.3 is 15.5 Å². The quantitative estimate of drug-likeness (QED) is 0.591. The van der Waals surface area contributed by atoms with Crippen molar-refractivity contribution in [2.24, 2.45) is 4.99 Å². The Balaban J connectivity index is 1.34. The van der Waals surface area contributed by atoms with E-state index in [0.29, 0.717) is 6.04 Å². The van der Waals surface area contributed by atoms with Gasteiger partial charge in [0.1, 0.15) is 10.8 Å². The van der Waals surface area contributed by atoms with Crippen LogP contribution in [0.4, 0.5) is 16.4 Å². The monoisotopic (exact) mass is 416 g/mol. The predicted octanol–water partition coefficient (Wildman–Crippen LogP) is 5.49. The van der Waals surface area contributed by atoms with Crippen LogP contribution in [-0.2, 0) is 6.42 Å². The van der Waals surface area contributed by atoms with Gasteiger partial charge in [-0.25, -0.2) is 4.99 Å². The van der Waals surface area contributed by atoms with Crippen LogP contribution in [0.15, 0.2) is 65.7 Å². The van der Waals surface area contributed by atoms with Crippen LogP contribution in [0.1, 0.15) is 28.8 Å². The molecular weight excluding hydrogens is 388 g/mol. The molecule has 1 fully saturated rings. The van der Waals surface area contributed by atoms with Crippen LogP contribution >= 0.6 is 11.3 Å². The Morgan fingerprint density at radius 1 is 1.10 bits per heavy atom. The topological polar surface area (TPSA) is 39.7 Å². The van der Waals surface area contributed by atoms with Gasteiger partial charge in [0.2, 0.25) is 0 Å². The van der Waals surface area contributed by atoms with E-state index >= 15 is 0 Å². The van der Waals surface area contributed by atoms with E-state index in [4.69, 9.17) is 4.99 Å². The molecule has 3 aromatic rings. The fourth-order valence-corrected chi connectivity index (χ4v) is 5.32. The number of thiophene rings is 1. The normalized spacial score (nSPS) is 18.1. The van der Waals surface area contributed by atoms with Crippen molar-refractivity contribution in [2.75, 3.05) is 25.0 Å². The van der Waals surface area contributed by atoms with Crippen molar-refractivity contribution < 1.29 is 0 Å². The minimum absolute atomic E-state index is 0.500. The number of piperazine rings is 1. The number of aliphatic imine (C=N–C) groups is 1. The van der Waals surface area contributed by atoms with Gasteiger partial charge in [-0.3, -0.25) is 0 Å². The summed E-state index contributed by atoms with van der Waals surface area (Å²) in [6.45, 7) is 5.17. The van der Waals surface area contributed by atoms with E-state index in [1.807, 2.05) is 11.3 Å². The lowest BCUT2D eigenvalue weighted by molar-refractivity contribution is 0.279. The van der Waals surface area contributed by atoms with Gasteiger partial charge in [0.25, 0.3) is 0 Å². The van der Waals surface area contributed by atoms with E-state index in [1.54, 1.807) is 0 Å². The number of nitrogens with zero attached hydrogens (tertiary/aromatic N) is 2. The number of nitrogens with one attached hydrogen (secondary N) is 2. The molecule has 154 valence electrons. The third kappa shape index (κ3) is 4.13. The molecule has 2 aliphatic rings. The van der Waals surface area contributed by atoms with E-state index in [2.05, 4.69) is 83.1 Å². The van der Waals surface area contributed by atoms with Crippen LogP contribution in [0.5, 0.6) is 0 Å². The fourth-order valence-electron chi connectivity index (χ4n) is 4.40. The molecular formula is C25H28N4S. The van der Waals surface area contributed by atoms with E-state index in [-0.39, 0.29) is 0 Å². The Morgan fingerprint density at radius 3 is 2.83 bits per heavy atom. The minimum atomic E-state index is 0.500. The molecule has 0 saturated carbocycles. The number of rotatable bonds is 4. The number of para-hydroxylation sites is 2. The average molecular weight is 417 g/mol. The smallest absolute Gasteiger partial charge is 0.139 e. The van der Waals surface area contributed by atoms with E-state index < -0.39 is 0 Å². The minimum Gasteiger partial charge on any atom is -0.353 e. The van der Waals surface area contributed by atoms with Gasteiger partial charge in [0.05, 0.1) is 16.9 Å². The summed E-state index contributed by atoms with van der Waals surface area (Å²) < 4.78 is 0. The maximum absolute atomic E-state index is 5.14. The molecule has 1 aromatic heterocycles. The van der Waals surface area contributed by atoms with Crippen LogP contribution in [0.25, 0.3) is 0 Å². The van der Waals surface area contributed by atoms with Crippen LogP contribution in [-0.4, -0.2) is 36.4 Å². The van der Waals surface area contributed by atoms with Crippen molar-refractivity contribution in [3.8, 4) is 0 Å². The Morgan fingerprint density at radius 2 is 1.93 bits per heavy atom. The maximum atomic E-state index is 5.14. The van der Waals surface area contributed by atoms with Crippen molar-refractivity contribution in [3.05, 3.63) is 76.7 Å². The van der Waals surface area contributed by atoms with Crippen molar-refractivity contribution in [1.29, 1.82) is 0 Å². The van der Waals surface area contributed by atoms with Gasteiger partial charge in [-0.05, 0) is 49.9 Å². The number of benzene rings is 2. The molecule has 1 saturated heterocycles. The molecule has 4 nitrogen and oxygen atoms in total. The highest BCUT2D eigenvalue weighted by Gasteiger charge is 2.27. The van der Waals surface area contributed by atoms with Gasteiger partial charge in [-0.1, -0.05) is 42.5 Å². The fraction of sp³-hybridized carbons (Fsp3) is 0.320. The Bertz CT molecular complexity index is 1040. The number of hydrogen-bond donors (Lipinski definition) is 2. The highest BCUT2D eigenvalue weighted by atomic mass is 32.1. The number of anilines is 2. The molecule has 0 spiro atoms. The summed E-state index contributed by atoms with van der Waals surface area (Å²) in [5.74, 6) is 1.11. The van der Waals surface area contributed by atoms with E-state index in [1.165, 1.54) is 33.8 Å². The van der Waals surface area contributed by atoms with Crippen molar-refractivity contribution in [2.45, 2.75) is 32.2 Å². The zero-order chi connectivity index (χ0) is 20.3. The first-order chi connectivity index (χ1) is 14.8. The second-order valence-electron chi connectivity index (χ2n) is 8.15. The molecule has 2 N–H and O–H groups in total. The van der Waals surface area contributed by atoms with Gasteiger partial charge in [-0.2, -0.15) is 0 Å². The van der Waals surface area contributed by atoms with Crippen LogP contribution < -0.4 is 10.6 Å². The first-order valence-corrected chi connectivity index (χ1v) is 11.7. The first-order valence-electron chi connectivity index (χ1n) is 10.8. The summed E-state index contributed by atoms with van der Waals surface area (Å²) >= 11 is 1.81. The molecule has 0 aliphatic carbocycles. The van der Waals surface area contributed by atoms with Gasteiger partial charge in [-0.15, -0.1) is 11.3 Å². The zero-order valence-electron chi connectivity index (χ0n) is 17.4. The van der Waals surface area contributed by atoms with Gasteiger partial charge in [0, 0.05) is 30.6 Å². The Kier molecular flexibility index (Phi) is 5.56. The number of fused-ring (bicyclic) bond motifs is 2. The summed E-state index contributed by atoms with van der Waals surface area (Å²) in [5, 5.41) is 8.55. The van der Waals surface area contributed by atoms with Gasteiger partial charge >= 0.3 is 0 Å². The maximum Gasteiger partial charge on any atom is 0.139 e.